The van der Waals surface area contributed by atoms with E-state index in [-0.39, 0.29) is 0 Å². The van der Waals surface area contributed by atoms with Crippen molar-refractivity contribution in [3.05, 3.63) is 0 Å². The fraction of sp³-hybridized carbons (Fsp3) is 0.833. The van der Waals surface area contributed by atoms with Gasteiger partial charge in [-0.2, -0.15) is 0 Å². The summed E-state index contributed by atoms with van der Waals surface area (Å²) in [4.78, 5) is 2.41. The van der Waals surface area contributed by atoms with Gasteiger partial charge < -0.3 is 10.1 Å². The Morgan fingerprint density at radius 2 is 2.40 bits per heavy atom. The van der Waals surface area contributed by atoms with E-state index in [0.717, 1.165) is 32.8 Å². The summed E-state index contributed by atoms with van der Waals surface area (Å²) < 4.78 is 5.00. The van der Waals surface area contributed by atoms with E-state index in [0.29, 0.717) is 6.04 Å². The predicted octanol–water partition coefficient (Wildman–Crippen LogP) is 0.710. The van der Waals surface area contributed by atoms with Crippen molar-refractivity contribution in [2.45, 2.75) is 25.3 Å². The number of nitrogens with one attached hydrogen (secondary N) is 1. The highest BCUT2D eigenvalue weighted by molar-refractivity contribution is 4.92. The van der Waals surface area contributed by atoms with Crippen LogP contribution in [0.25, 0.3) is 0 Å². The number of nitrogens with zero attached hydrogens (tertiary/aromatic N) is 1. The molecule has 0 saturated carbocycles. The smallest absolute Gasteiger partial charge is 0.0601 e. The second kappa shape index (κ2) is 7.70. The minimum Gasteiger partial charge on any atom is -0.383 e. The van der Waals surface area contributed by atoms with Gasteiger partial charge in [0.1, 0.15) is 0 Å². The Hall–Kier alpha value is -0.560. The predicted molar refractivity (Wildman–Crippen MR) is 62.8 cm³/mol. The number of rotatable bonds is 6. The van der Waals surface area contributed by atoms with E-state index in [9.17, 15) is 0 Å². The lowest BCUT2D eigenvalue weighted by Gasteiger charge is -2.34. The van der Waals surface area contributed by atoms with Gasteiger partial charge in [0.25, 0.3) is 0 Å². The average Bonchev–Trinajstić information content (AvgIpc) is 2.27. The fourth-order valence-corrected chi connectivity index (χ4v) is 2.06. The highest BCUT2D eigenvalue weighted by Crippen LogP contribution is 2.15. The zero-order valence-corrected chi connectivity index (χ0v) is 9.67. The van der Waals surface area contributed by atoms with E-state index >= 15 is 0 Å². The Labute approximate surface area is 93.2 Å². The molecule has 1 atom stereocenters. The van der Waals surface area contributed by atoms with Crippen LogP contribution in [0.3, 0.4) is 0 Å². The van der Waals surface area contributed by atoms with Gasteiger partial charge in [0.2, 0.25) is 0 Å². The van der Waals surface area contributed by atoms with Crippen molar-refractivity contribution in [3.8, 4) is 12.3 Å². The lowest BCUT2D eigenvalue weighted by molar-refractivity contribution is 0.156. The zero-order chi connectivity index (χ0) is 10.9. The molecule has 1 heterocycles. The van der Waals surface area contributed by atoms with Gasteiger partial charge in [0, 0.05) is 26.2 Å². The summed E-state index contributed by atoms with van der Waals surface area (Å²) in [5.41, 5.74) is 0. The molecule has 0 radical (unpaired) electrons. The van der Waals surface area contributed by atoms with Crippen LogP contribution in [-0.2, 0) is 4.74 Å². The van der Waals surface area contributed by atoms with Crippen LogP contribution in [0.15, 0.2) is 0 Å². The molecule has 0 amide bonds. The van der Waals surface area contributed by atoms with E-state index in [1.165, 1.54) is 19.3 Å². The van der Waals surface area contributed by atoms with Gasteiger partial charge in [0.15, 0.2) is 0 Å². The van der Waals surface area contributed by atoms with E-state index in [2.05, 4.69) is 16.1 Å². The molecule has 1 saturated heterocycles. The van der Waals surface area contributed by atoms with Crippen LogP contribution in [0.5, 0.6) is 0 Å². The summed E-state index contributed by atoms with van der Waals surface area (Å²) in [6, 6.07) is 0.617. The molecule has 0 aliphatic carbocycles. The largest absolute Gasteiger partial charge is 0.383 e. The third-order valence-corrected chi connectivity index (χ3v) is 2.91. The first kappa shape index (κ1) is 12.5. The summed E-state index contributed by atoms with van der Waals surface area (Å²) in [6.07, 6.45) is 9.25. The van der Waals surface area contributed by atoms with Crippen LogP contribution in [0.1, 0.15) is 19.3 Å². The van der Waals surface area contributed by atoms with E-state index in [4.69, 9.17) is 11.2 Å². The minimum atomic E-state index is 0.617. The molecule has 1 aliphatic rings. The lowest BCUT2D eigenvalue weighted by Crippen LogP contribution is -2.46. The van der Waals surface area contributed by atoms with Crippen molar-refractivity contribution in [2.24, 2.45) is 0 Å². The molecule has 86 valence electrons. The molecular formula is C12H22N2O. The van der Waals surface area contributed by atoms with Gasteiger partial charge in [0.05, 0.1) is 13.2 Å². The van der Waals surface area contributed by atoms with Crippen LogP contribution >= 0.6 is 0 Å². The normalized spacial score (nSPS) is 22.5. The Balaban J connectivity index is 2.20. The van der Waals surface area contributed by atoms with Crippen molar-refractivity contribution in [1.29, 1.82) is 0 Å². The number of terminal acetylenes is 1. The van der Waals surface area contributed by atoms with E-state index < -0.39 is 0 Å². The molecule has 15 heavy (non-hydrogen) atoms. The number of methoxy groups -OCH3 is 1. The summed E-state index contributed by atoms with van der Waals surface area (Å²) in [6.45, 7) is 4.68. The number of hydrogen-bond donors (Lipinski definition) is 1. The molecule has 3 heteroatoms. The van der Waals surface area contributed by atoms with Crippen molar-refractivity contribution in [1.82, 2.24) is 10.2 Å². The first-order valence-corrected chi connectivity index (χ1v) is 5.75. The average molecular weight is 210 g/mol. The third kappa shape index (κ3) is 4.65. The second-order valence-corrected chi connectivity index (χ2v) is 4.02. The van der Waals surface area contributed by atoms with Gasteiger partial charge >= 0.3 is 0 Å². The molecule has 0 spiro atoms. The number of ether oxygens (including phenoxy) is 1. The number of piperidine rings is 1. The monoisotopic (exact) mass is 210 g/mol. The second-order valence-electron chi connectivity index (χ2n) is 4.02. The van der Waals surface area contributed by atoms with E-state index in [1.54, 1.807) is 7.11 Å². The maximum Gasteiger partial charge on any atom is 0.0601 e. The van der Waals surface area contributed by atoms with Gasteiger partial charge in [-0.15, -0.1) is 6.42 Å². The minimum absolute atomic E-state index is 0.617. The standard InChI is InChI=1S/C12H22N2O/c1-3-8-14-9-5-4-6-12(14)11-13-7-10-15-2/h1,12-13H,4-11H2,2H3. The summed E-state index contributed by atoms with van der Waals surface area (Å²) >= 11 is 0. The summed E-state index contributed by atoms with van der Waals surface area (Å²) in [5, 5.41) is 3.41. The molecule has 1 rings (SSSR count). The number of likely N-dealkylation sites (tertiary alicyclic amines) is 1. The Kier molecular flexibility index (Phi) is 6.42. The quantitative estimate of drug-likeness (QED) is 0.516. The first-order chi connectivity index (χ1) is 7.38. The van der Waals surface area contributed by atoms with Crippen LogP contribution in [0.2, 0.25) is 0 Å². The van der Waals surface area contributed by atoms with Gasteiger partial charge in [-0.25, -0.2) is 0 Å². The van der Waals surface area contributed by atoms with Crippen LogP contribution < -0.4 is 5.32 Å². The maximum atomic E-state index is 5.37. The van der Waals surface area contributed by atoms with Crippen LogP contribution in [-0.4, -0.2) is 50.8 Å². The molecule has 1 unspecified atom stereocenters. The fourth-order valence-electron chi connectivity index (χ4n) is 2.06. The Bertz CT molecular complexity index is 200. The maximum absolute atomic E-state index is 5.37. The van der Waals surface area contributed by atoms with Crippen molar-refractivity contribution < 1.29 is 4.74 Å². The number of hydrogen-bond acceptors (Lipinski definition) is 3. The molecule has 1 aliphatic heterocycles. The first-order valence-electron chi connectivity index (χ1n) is 5.75. The van der Waals surface area contributed by atoms with Crippen molar-refractivity contribution in [2.75, 3.05) is 39.9 Å². The third-order valence-electron chi connectivity index (χ3n) is 2.91. The highest BCUT2D eigenvalue weighted by atomic mass is 16.5. The van der Waals surface area contributed by atoms with Crippen molar-refractivity contribution in [3.63, 3.8) is 0 Å². The van der Waals surface area contributed by atoms with Crippen LogP contribution in [0.4, 0.5) is 0 Å². The highest BCUT2D eigenvalue weighted by Gasteiger charge is 2.20. The van der Waals surface area contributed by atoms with E-state index in [1.807, 2.05) is 0 Å². The van der Waals surface area contributed by atoms with Crippen molar-refractivity contribution >= 4 is 0 Å². The Morgan fingerprint density at radius 3 is 3.13 bits per heavy atom. The topological polar surface area (TPSA) is 24.5 Å². The summed E-state index contributed by atoms with van der Waals surface area (Å²) in [7, 11) is 1.73. The molecular weight excluding hydrogens is 188 g/mol. The van der Waals surface area contributed by atoms with Gasteiger partial charge in [-0.05, 0) is 19.4 Å². The molecule has 0 aromatic rings. The SMILES string of the molecule is C#CCN1CCCCC1CNCCOC. The lowest BCUT2D eigenvalue weighted by atomic mass is 10.0. The molecule has 3 nitrogen and oxygen atoms in total. The Morgan fingerprint density at radius 1 is 1.53 bits per heavy atom. The molecule has 0 bridgehead atoms. The molecule has 1 fully saturated rings. The molecule has 0 aromatic heterocycles. The van der Waals surface area contributed by atoms with Gasteiger partial charge in [-0.1, -0.05) is 12.3 Å². The molecule has 1 N–H and O–H groups in total. The zero-order valence-electron chi connectivity index (χ0n) is 9.67. The van der Waals surface area contributed by atoms with Gasteiger partial charge in [-0.3, -0.25) is 4.90 Å². The molecule has 0 aromatic carbocycles. The van der Waals surface area contributed by atoms with Crippen LogP contribution in [0, 0.1) is 12.3 Å². The summed E-state index contributed by atoms with van der Waals surface area (Å²) in [5.74, 6) is 2.74.